The molecule has 0 aliphatic carbocycles. The Morgan fingerprint density at radius 3 is 2.64 bits per heavy atom. The molecule has 3 rings (SSSR count). The van der Waals surface area contributed by atoms with Crippen LogP contribution in [0, 0.1) is 11.3 Å². The fourth-order valence-corrected chi connectivity index (χ4v) is 3.93. The molecule has 0 unspecified atom stereocenters. The normalized spacial score (nSPS) is 10.4. The van der Waals surface area contributed by atoms with Crippen molar-refractivity contribution in [3.8, 4) is 28.5 Å². The van der Waals surface area contributed by atoms with Crippen LogP contribution in [0.2, 0.25) is 4.34 Å². The summed E-state index contributed by atoms with van der Waals surface area (Å²) in [5, 5.41) is 12.0. The number of thiophene rings is 1. The van der Waals surface area contributed by atoms with E-state index < -0.39 is 5.91 Å². The lowest BCUT2D eigenvalue weighted by molar-refractivity contribution is -0.115. The lowest BCUT2D eigenvalue weighted by Crippen LogP contribution is -2.13. The Balaban J connectivity index is 2.19. The van der Waals surface area contributed by atoms with Crippen LogP contribution in [-0.2, 0) is 4.79 Å². The second-order valence-corrected chi connectivity index (χ2v) is 7.61. The highest BCUT2D eigenvalue weighted by molar-refractivity contribution is 8.00. The lowest BCUT2D eigenvalue weighted by Gasteiger charge is -2.11. The summed E-state index contributed by atoms with van der Waals surface area (Å²) in [7, 11) is 0. The number of halogens is 1. The Kier molecular flexibility index (Phi) is 5.39. The highest BCUT2D eigenvalue weighted by Gasteiger charge is 2.17. The van der Waals surface area contributed by atoms with Gasteiger partial charge in [0.2, 0.25) is 5.91 Å². The van der Waals surface area contributed by atoms with E-state index in [4.69, 9.17) is 17.3 Å². The molecule has 0 aliphatic heterocycles. The Bertz CT molecular complexity index is 964. The summed E-state index contributed by atoms with van der Waals surface area (Å²) in [6.07, 6.45) is 0. The van der Waals surface area contributed by atoms with Crippen molar-refractivity contribution in [2.45, 2.75) is 5.03 Å². The highest BCUT2D eigenvalue weighted by Crippen LogP contribution is 2.35. The molecule has 0 atom stereocenters. The lowest BCUT2D eigenvalue weighted by atomic mass is 10.00. The van der Waals surface area contributed by atoms with Crippen molar-refractivity contribution < 1.29 is 4.79 Å². The minimum atomic E-state index is -0.457. The molecule has 0 radical (unpaired) electrons. The first-order valence-electron chi connectivity index (χ1n) is 7.24. The Hall–Kier alpha value is -2.33. The summed E-state index contributed by atoms with van der Waals surface area (Å²) in [5.41, 5.74) is 8.93. The van der Waals surface area contributed by atoms with Gasteiger partial charge in [-0.3, -0.25) is 4.79 Å². The zero-order chi connectivity index (χ0) is 17.8. The molecule has 0 saturated carbocycles. The van der Waals surface area contributed by atoms with Crippen LogP contribution < -0.4 is 5.73 Å². The number of rotatable bonds is 5. The second kappa shape index (κ2) is 7.70. The van der Waals surface area contributed by atoms with Crippen LogP contribution in [0.25, 0.3) is 22.4 Å². The molecule has 25 heavy (non-hydrogen) atoms. The topological polar surface area (TPSA) is 79.8 Å². The van der Waals surface area contributed by atoms with Gasteiger partial charge >= 0.3 is 0 Å². The van der Waals surface area contributed by atoms with E-state index in [9.17, 15) is 10.1 Å². The van der Waals surface area contributed by atoms with Gasteiger partial charge < -0.3 is 5.73 Å². The molecule has 1 aromatic carbocycles. The molecule has 0 aliphatic rings. The predicted molar refractivity (Wildman–Crippen MR) is 103 cm³/mol. The summed E-state index contributed by atoms with van der Waals surface area (Å²) in [5.74, 6) is -0.398. The summed E-state index contributed by atoms with van der Waals surface area (Å²) in [6.45, 7) is 0. The summed E-state index contributed by atoms with van der Waals surface area (Å²) in [4.78, 5) is 15.7. The van der Waals surface area contributed by atoms with Gasteiger partial charge in [-0.05, 0) is 17.7 Å². The van der Waals surface area contributed by atoms with Crippen molar-refractivity contribution in [1.82, 2.24) is 4.98 Å². The van der Waals surface area contributed by atoms with Crippen molar-refractivity contribution in [3.63, 3.8) is 0 Å². The molecule has 7 heteroatoms. The van der Waals surface area contributed by atoms with Crippen LogP contribution in [0.3, 0.4) is 0 Å². The molecule has 0 bridgehead atoms. The minimum Gasteiger partial charge on any atom is -0.369 e. The molecule has 124 valence electrons. The molecular formula is C18H12ClN3OS2. The largest absolute Gasteiger partial charge is 0.369 e. The number of thioether (sulfide) groups is 1. The SMILES string of the molecule is N#Cc1c(-c2ccccc2)cc(-c2csc(Cl)c2)nc1SCC(N)=O. The van der Waals surface area contributed by atoms with Gasteiger partial charge in [-0.25, -0.2) is 4.98 Å². The Labute approximate surface area is 158 Å². The van der Waals surface area contributed by atoms with Gasteiger partial charge in [-0.1, -0.05) is 53.7 Å². The van der Waals surface area contributed by atoms with E-state index >= 15 is 0 Å². The molecule has 0 saturated heterocycles. The second-order valence-electron chi connectivity index (χ2n) is 5.11. The van der Waals surface area contributed by atoms with E-state index in [-0.39, 0.29) is 5.75 Å². The average Bonchev–Trinajstić information content (AvgIpc) is 3.06. The number of nitrogens with zero attached hydrogens (tertiary/aromatic N) is 2. The fraction of sp³-hybridized carbons (Fsp3) is 0.0556. The summed E-state index contributed by atoms with van der Waals surface area (Å²) >= 11 is 8.62. The van der Waals surface area contributed by atoms with Crippen molar-refractivity contribution in [2.24, 2.45) is 5.73 Å². The highest BCUT2D eigenvalue weighted by atomic mass is 35.5. The number of primary amides is 1. The van der Waals surface area contributed by atoms with E-state index in [0.29, 0.717) is 20.6 Å². The van der Waals surface area contributed by atoms with E-state index in [1.54, 1.807) is 0 Å². The molecule has 3 aromatic rings. The number of hydrogen-bond acceptors (Lipinski definition) is 5. The summed E-state index contributed by atoms with van der Waals surface area (Å²) in [6, 6.07) is 15.5. The molecule has 2 N–H and O–H groups in total. The van der Waals surface area contributed by atoms with Gasteiger partial charge in [0.05, 0.1) is 21.3 Å². The number of amides is 1. The van der Waals surface area contributed by atoms with Gasteiger partial charge in [-0.15, -0.1) is 11.3 Å². The van der Waals surface area contributed by atoms with Crippen LogP contribution in [0.1, 0.15) is 5.56 Å². The maximum Gasteiger partial charge on any atom is 0.227 e. The van der Waals surface area contributed by atoms with E-state index in [2.05, 4.69) is 11.1 Å². The zero-order valence-corrected chi connectivity index (χ0v) is 15.3. The average molecular weight is 386 g/mol. The first-order chi connectivity index (χ1) is 12.1. The molecule has 1 amide bonds. The third kappa shape index (κ3) is 4.02. The van der Waals surface area contributed by atoms with E-state index in [0.717, 1.165) is 16.7 Å². The van der Waals surface area contributed by atoms with Gasteiger partial charge in [0.1, 0.15) is 11.1 Å². The number of carbonyl (C=O) groups excluding carboxylic acids is 1. The van der Waals surface area contributed by atoms with Crippen LogP contribution in [0.15, 0.2) is 52.9 Å². The number of hydrogen-bond donors (Lipinski definition) is 1. The van der Waals surface area contributed by atoms with E-state index in [1.165, 1.54) is 23.1 Å². The third-order valence-electron chi connectivity index (χ3n) is 3.40. The Morgan fingerprint density at radius 1 is 1.28 bits per heavy atom. The van der Waals surface area contributed by atoms with Crippen molar-refractivity contribution >= 4 is 40.6 Å². The first-order valence-corrected chi connectivity index (χ1v) is 9.49. The number of nitriles is 1. The van der Waals surface area contributed by atoms with E-state index in [1.807, 2.05) is 47.8 Å². The molecule has 0 spiro atoms. The molecular weight excluding hydrogens is 374 g/mol. The minimum absolute atomic E-state index is 0.0593. The fourth-order valence-electron chi connectivity index (χ4n) is 2.31. The molecule has 4 nitrogen and oxygen atoms in total. The number of benzene rings is 1. The first kappa shape index (κ1) is 17.5. The quantitative estimate of drug-likeness (QED) is 0.652. The third-order valence-corrected chi connectivity index (χ3v) is 5.49. The number of carbonyl (C=O) groups is 1. The van der Waals surface area contributed by atoms with Crippen molar-refractivity contribution in [2.75, 3.05) is 5.75 Å². The number of nitrogens with two attached hydrogens (primary N) is 1. The van der Waals surface area contributed by atoms with Crippen LogP contribution in [0.5, 0.6) is 0 Å². The van der Waals surface area contributed by atoms with Crippen LogP contribution in [0.4, 0.5) is 0 Å². The maximum absolute atomic E-state index is 11.2. The van der Waals surface area contributed by atoms with Gasteiger partial charge in [0, 0.05) is 16.5 Å². The maximum atomic E-state index is 11.2. The van der Waals surface area contributed by atoms with Crippen LogP contribution >= 0.6 is 34.7 Å². The molecule has 2 aromatic heterocycles. The van der Waals surface area contributed by atoms with Crippen molar-refractivity contribution in [1.29, 1.82) is 5.26 Å². The molecule has 0 fully saturated rings. The van der Waals surface area contributed by atoms with Gasteiger partial charge in [-0.2, -0.15) is 5.26 Å². The number of pyridine rings is 1. The van der Waals surface area contributed by atoms with Crippen LogP contribution in [-0.4, -0.2) is 16.6 Å². The summed E-state index contributed by atoms with van der Waals surface area (Å²) < 4.78 is 0.661. The van der Waals surface area contributed by atoms with Gasteiger partial charge in [0.15, 0.2) is 0 Å². The Morgan fingerprint density at radius 2 is 2.04 bits per heavy atom. The molecule has 2 heterocycles. The smallest absolute Gasteiger partial charge is 0.227 e. The predicted octanol–water partition coefficient (Wildman–Crippen LogP) is 4.58. The monoisotopic (exact) mass is 385 g/mol. The number of aromatic nitrogens is 1. The standard InChI is InChI=1S/C18H12ClN3OS2/c19-16-6-12(9-24-16)15-7-13(11-4-2-1-3-5-11)14(8-20)18(22-15)25-10-17(21)23/h1-7,9H,10H2,(H2,21,23). The van der Waals surface area contributed by atoms with Gasteiger partial charge in [0.25, 0.3) is 0 Å². The zero-order valence-electron chi connectivity index (χ0n) is 12.9. The van der Waals surface area contributed by atoms with Crippen molar-refractivity contribution in [3.05, 3.63) is 57.7 Å².